The number of likely N-dealkylation sites (tertiary alicyclic amines) is 2. The van der Waals surface area contributed by atoms with Crippen LogP contribution in [-0.4, -0.2) is 97.9 Å². The molecule has 0 amide bonds. The maximum atomic E-state index is 11.2. The van der Waals surface area contributed by atoms with E-state index in [4.69, 9.17) is 27.9 Å². The van der Waals surface area contributed by atoms with Gasteiger partial charge in [-0.05, 0) is 105 Å². The molecule has 0 bridgehead atoms. The molecule has 4 atom stereocenters. The molecule has 0 radical (unpaired) electrons. The monoisotopic (exact) mass is 782 g/mol. The Balaban J connectivity index is 0.000000259. The number of benzene rings is 2. The van der Waals surface area contributed by atoms with E-state index in [0.717, 1.165) is 41.2 Å². The predicted molar refractivity (Wildman–Crippen MR) is 194 cm³/mol. The number of nitrogens with zero attached hydrogens (tertiary/aromatic N) is 2. The molecule has 0 aliphatic carbocycles. The Labute approximate surface area is 291 Å². The molecule has 43 heavy (non-hydrogen) atoms. The Kier molecular flexibility index (Phi) is 19.0. The van der Waals surface area contributed by atoms with Gasteiger partial charge < -0.3 is 19.3 Å². The highest BCUT2D eigenvalue weighted by atomic mass is 127. The van der Waals surface area contributed by atoms with E-state index in [1.54, 1.807) is 11.8 Å². The standard InChI is InChI=1S/C16H22ClNO2S.C13H17ClIN.C3H6O2S/c1-18-8-7-15(12-3-5-14(17)6-4-12)13(9-18)10-21-11-16(19)20-2;1-16-7-6-13(11(8-15)9-16)10-2-4-12(14)5-3-10;1-5-3(4)2-6/h3-6,13,15H,7-11H2,1-2H3;2-5,11,13H,6-9H2,1H3;6H,2H2,1H3/t13-,15-;11-,13+;/m10./s1. The molecular formula is C32H45Cl2IN2O4S2. The predicted octanol–water partition coefficient (Wildman–Crippen LogP) is 7.18. The second-order valence-corrected chi connectivity index (χ2v) is 14.0. The molecule has 2 fully saturated rings. The third kappa shape index (κ3) is 14.1. The van der Waals surface area contributed by atoms with Gasteiger partial charge in [-0.1, -0.05) is 70.1 Å². The normalized spacial score (nSPS) is 22.3. The third-order valence-corrected chi connectivity index (χ3v) is 10.8. The van der Waals surface area contributed by atoms with E-state index < -0.39 is 0 Å². The molecule has 240 valence electrons. The Morgan fingerprint density at radius 2 is 1.28 bits per heavy atom. The summed E-state index contributed by atoms with van der Waals surface area (Å²) in [5, 5.41) is 1.62. The highest BCUT2D eigenvalue weighted by Gasteiger charge is 2.29. The van der Waals surface area contributed by atoms with Crippen molar-refractivity contribution in [1.82, 2.24) is 9.80 Å². The van der Waals surface area contributed by atoms with Gasteiger partial charge in [-0.3, -0.25) is 9.59 Å². The topological polar surface area (TPSA) is 59.1 Å². The second-order valence-electron chi connectivity index (χ2n) is 10.9. The largest absolute Gasteiger partial charge is 0.468 e. The first kappa shape index (κ1) is 38.5. The van der Waals surface area contributed by atoms with Gasteiger partial charge in [0.15, 0.2) is 0 Å². The van der Waals surface area contributed by atoms with Crippen LogP contribution in [-0.2, 0) is 19.1 Å². The van der Waals surface area contributed by atoms with Crippen LogP contribution in [0.3, 0.4) is 0 Å². The van der Waals surface area contributed by atoms with Gasteiger partial charge in [0, 0.05) is 27.6 Å². The molecule has 6 nitrogen and oxygen atoms in total. The van der Waals surface area contributed by atoms with Crippen molar-refractivity contribution in [2.75, 3.05) is 76.2 Å². The maximum Gasteiger partial charge on any atom is 0.315 e. The van der Waals surface area contributed by atoms with Gasteiger partial charge >= 0.3 is 11.9 Å². The molecule has 2 aromatic rings. The number of thioether (sulfide) groups is 1. The molecule has 0 N–H and O–H groups in total. The van der Waals surface area contributed by atoms with Crippen LogP contribution in [0.15, 0.2) is 48.5 Å². The highest BCUT2D eigenvalue weighted by molar-refractivity contribution is 14.1. The number of ether oxygens (including phenoxy) is 2. The molecule has 0 saturated carbocycles. The minimum absolute atomic E-state index is 0.146. The summed E-state index contributed by atoms with van der Waals surface area (Å²) in [7, 11) is 7.15. The molecule has 4 rings (SSSR count). The van der Waals surface area contributed by atoms with Gasteiger partial charge in [0.25, 0.3) is 0 Å². The molecule has 2 aliphatic heterocycles. The zero-order chi connectivity index (χ0) is 31.8. The summed E-state index contributed by atoms with van der Waals surface area (Å²) in [6, 6.07) is 16.6. The number of rotatable bonds is 8. The Hall–Kier alpha value is -0.690. The van der Waals surface area contributed by atoms with E-state index in [-0.39, 0.29) is 17.7 Å². The average molecular weight is 784 g/mol. The van der Waals surface area contributed by atoms with Crippen molar-refractivity contribution in [2.45, 2.75) is 24.7 Å². The lowest BCUT2D eigenvalue weighted by molar-refractivity contribution is -0.138. The number of thiol groups is 1. The molecule has 0 aromatic heterocycles. The van der Waals surface area contributed by atoms with Crippen LogP contribution in [0.1, 0.15) is 35.8 Å². The Morgan fingerprint density at radius 3 is 1.67 bits per heavy atom. The van der Waals surface area contributed by atoms with Crippen LogP contribution in [0.4, 0.5) is 0 Å². The van der Waals surface area contributed by atoms with E-state index >= 15 is 0 Å². The van der Waals surface area contributed by atoms with Crippen LogP contribution >= 0.6 is 70.2 Å². The van der Waals surface area contributed by atoms with E-state index in [9.17, 15) is 9.59 Å². The number of carbonyl (C=O) groups excluding carboxylic acids is 2. The number of hydrogen-bond donors (Lipinski definition) is 1. The number of piperidine rings is 2. The first-order valence-corrected chi connectivity index (χ1v) is 18.4. The summed E-state index contributed by atoms with van der Waals surface area (Å²) in [6.07, 6.45) is 2.42. The molecule has 2 aromatic carbocycles. The zero-order valence-electron chi connectivity index (χ0n) is 25.5. The van der Waals surface area contributed by atoms with Gasteiger partial charge in [-0.25, -0.2) is 0 Å². The lowest BCUT2D eigenvalue weighted by Gasteiger charge is -2.37. The SMILES string of the molecule is CN1CC[C@H](c2ccc(Cl)cc2)[C@@H](CI)C1.COC(=O)CS.COC(=O)CSC[C@H]1CN(C)CC[C@@H]1c1ccc(Cl)cc1. The summed E-state index contributed by atoms with van der Waals surface area (Å²) in [6.45, 7) is 4.61. The zero-order valence-corrected chi connectivity index (χ0v) is 30.9. The van der Waals surface area contributed by atoms with Gasteiger partial charge in [0.1, 0.15) is 0 Å². The van der Waals surface area contributed by atoms with Gasteiger partial charge in [0.05, 0.1) is 25.7 Å². The molecule has 11 heteroatoms. The number of alkyl halides is 1. The molecule has 2 saturated heterocycles. The molecular weight excluding hydrogens is 738 g/mol. The lowest BCUT2D eigenvalue weighted by atomic mass is 9.81. The van der Waals surface area contributed by atoms with Crippen LogP contribution in [0.25, 0.3) is 0 Å². The van der Waals surface area contributed by atoms with Crippen molar-refractivity contribution in [1.29, 1.82) is 0 Å². The fraction of sp³-hybridized carbons (Fsp3) is 0.562. The van der Waals surface area contributed by atoms with Crippen molar-refractivity contribution >= 4 is 82.1 Å². The minimum Gasteiger partial charge on any atom is -0.468 e. The minimum atomic E-state index is -0.293. The molecule has 0 spiro atoms. The van der Waals surface area contributed by atoms with Crippen LogP contribution in [0.2, 0.25) is 10.0 Å². The number of carbonyl (C=O) groups is 2. The van der Waals surface area contributed by atoms with Crippen molar-refractivity contribution in [3.05, 3.63) is 69.7 Å². The first-order chi connectivity index (χ1) is 20.6. The quantitative estimate of drug-likeness (QED) is 0.132. The van der Waals surface area contributed by atoms with Gasteiger partial charge in [0.2, 0.25) is 0 Å². The summed E-state index contributed by atoms with van der Waals surface area (Å²) in [5.74, 6) is 3.73. The summed E-state index contributed by atoms with van der Waals surface area (Å²) in [5.41, 5.74) is 2.82. The summed E-state index contributed by atoms with van der Waals surface area (Å²) < 4.78 is 10.1. The average Bonchev–Trinajstić information content (AvgIpc) is 3.02. The third-order valence-electron chi connectivity index (χ3n) is 7.80. The van der Waals surface area contributed by atoms with E-state index in [0.29, 0.717) is 23.5 Å². The van der Waals surface area contributed by atoms with Gasteiger partial charge in [-0.15, -0.1) is 11.8 Å². The van der Waals surface area contributed by atoms with Crippen LogP contribution in [0.5, 0.6) is 0 Å². The van der Waals surface area contributed by atoms with Crippen molar-refractivity contribution < 1.29 is 19.1 Å². The number of hydrogen-bond acceptors (Lipinski definition) is 8. The molecule has 0 unspecified atom stereocenters. The van der Waals surface area contributed by atoms with Gasteiger partial charge in [-0.2, -0.15) is 12.6 Å². The van der Waals surface area contributed by atoms with Crippen LogP contribution < -0.4 is 0 Å². The highest BCUT2D eigenvalue weighted by Crippen LogP contribution is 2.36. The fourth-order valence-electron chi connectivity index (χ4n) is 5.47. The molecule has 2 aliphatic rings. The summed E-state index contributed by atoms with van der Waals surface area (Å²) in [4.78, 5) is 25.9. The van der Waals surface area contributed by atoms with Crippen molar-refractivity contribution in [2.24, 2.45) is 11.8 Å². The molecule has 2 heterocycles. The second kappa shape index (κ2) is 21.2. The maximum absolute atomic E-state index is 11.2. The van der Waals surface area contributed by atoms with E-state index in [2.05, 4.69) is 88.1 Å². The number of halogens is 3. The summed E-state index contributed by atoms with van der Waals surface area (Å²) >= 11 is 19.7. The number of methoxy groups -OCH3 is 2. The Bertz CT molecular complexity index is 1090. The number of esters is 2. The first-order valence-electron chi connectivity index (χ1n) is 14.4. The van der Waals surface area contributed by atoms with E-state index in [1.165, 1.54) is 49.3 Å². The smallest absolute Gasteiger partial charge is 0.315 e. The fourth-order valence-corrected chi connectivity index (χ4v) is 7.78. The van der Waals surface area contributed by atoms with Crippen LogP contribution in [0, 0.1) is 11.8 Å². The van der Waals surface area contributed by atoms with Crippen molar-refractivity contribution in [3.63, 3.8) is 0 Å². The lowest BCUT2D eigenvalue weighted by Crippen LogP contribution is -2.38. The van der Waals surface area contributed by atoms with Crippen molar-refractivity contribution in [3.8, 4) is 0 Å². The Morgan fingerprint density at radius 1 is 0.837 bits per heavy atom. The van der Waals surface area contributed by atoms with E-state index in [1.807, 2.05) is 24.3 Å².